The summed E-state index contributed by atoms with van der Waals surface area (Å²) < 4.78 is 16.7. The van der Waals surface area contributed by atoms with Gasteiger partial charge in [0.05, 0.1) is 20.6 Å². The van der Waals surface area contributed by atoms with Crippen LogP contribution in [-0.2, 0) is 0 Å². The number of nitrogens with one attached hydrogen (secondary N) is 2. The molecule has 0 saturated heterocycles. The van der Waals surface area contributed by atoms with Gasteiger partial charge in [-0.05, 0) is 42.0 Å². The van der Waals surface area contributed by atoms with Crippen molar-refractivity contribution in [3.05, 3.63) is 110 Å². The fourth-order valence-corrected chi connectivity index (χ4v) is 5.14. The summed E-state index contributed by atoms with van der Waals surface area (Å²) in [6, 6.07) is 19.1. The number of carbonyl (C=O) groups is 2. The van der Waals surface area contributed by atoms with E-state index in [1.54, 1.807) is 36.5 Å². The number of hydrogen-bond acceptors (Lipinski definition) is 4. The van der Waals surface area contributed by atoms with Gasteiger partial charge >= 0.3 is 6.03 Å². The smallest absolute Gasteiger partial charge is 0.326 e. The van der Waals surface area contributed by atoms with Crippen molar-refractivity contribution in [2.75, 3.05) is 23.3 Å². The summed E-state index contributed by atoms with van der Waals surface area (Å²) in [5.41, 5.74) is 1.67. The first kappa shape index (κ1) is 23.8. The van der Waals surface area contributed by atoms with Crippen LogP contribution in [-0.4, -0.2) is 29.6 Å². The van der Waals surface area contributed by atoms with Crippen LogP contribution in [0.25, 0.3) is 5.69 Å². The maximum absolute atomic E-state index is 14.9. The molecule has 36 heavy (non-hydrogen) atoms. The largest absolute Gasteiger partial charge is 0.351 e. The SMILES string of the molecule is O=C(NC[C@H]1CN(C(=O)Nc2ccc(-n3ccccc3=O)cc2F)c2ccccc21)c1ccc(Cl)s1. The number of para-hydroxylation sites is 1. The average Bonchev–Trinajstić information content (AvgIpc) is 3.48. The molecule has 0 radical (unpaired) electrons. The first-order valence-corrected chi connectivity index (χ1v) is 12.3. The Kier molecular flexibility index (Phi) is 6.58. The van der Waals surface area contributed by atoms with Crippen LogP contribution in [0.4, 0.5) is 20.6 Å². The highest BCUT2D eigenvalue weighted by atomic mass is 35.5. The Morgan fingerprint density at radius 3 is 2.61 bits per heavy atom. The Balaban J connectivity index is 1.30. The molecule has 4 aromatic rings. The predicted octanol–water partition coefficient (Wildman–Crippen LogP) is 5.26. The lowest BCUT2D eigenvalue weighted by Gasteiger charge is -2.19. The number of amides is 3. The van der Waals surface area contributed by atoms with Gasteiger partial charge in [0.1, 0.15) is 5.82 Å². The zero-order valence-electron chi connectivity index (χ0n) is 18.8. The second kappa shape index (κ2) is 9.96. The quantitative estimate of drug-likeness (QED) is 0.375. The van der Waals surface area contributed by atoms with Crippen LogP contribution in [0.2, 0.25) is 4.34 Å². The monoisotopic (exact) mass is 522 g/mol. The second-order valence-electron chi connectivity index (χ2n) is 8.18. The molecule has 0 spiro atoms. The number of aromatic nitrogens is 1. The number of urea groups is 1. The van der Waals surface area contributed by atoms with E-state index >= 15 is 0 Å². The lowest BCUT2D eigenvalue weighted by Crippen LogP contribution is -2.36. The summed E-state index contributed by atoms with van der Waals surface area (Å²) >= 11 is 7.12. The molecule has 0 unspecified atom stereocenters. The van der Waals surface area contributed by atoms with Crippen molar-refractivity contribution in [1.29, 1.82) is 0 Å². The molecule has 182 valence electrons. The zero-order valence-corrected chi connectivity index (χ0v) is 20.4. The lowest BCUT2D eigenvalue weighted by molar-refractivity contribution is 0.0955. The van der Waals surface area contributed by atoms with Crippen LogP contribution in [0.5, 0.6) is 0 Å². The van der Waals surface area contributed by atoms with Crippen molar-refractivity contribution in [2.24, 2.45) is 0 Å². The third kappa shape index (κ3) is 4.75. The van der Waals surface area contributed by atoms with E-state index in [4.69, 9.17) is 11.6 Å². The first-order valence-electron chi connectivity index (χ1n) is 11.1. The minimum Gasteiger partial charge on any atom is -0.351 e. The molecule has 5 rings (SSSR count). The van der Waals surface area contributed by atoms with Crippen molar-refractivity contribution in [1.82, 2.24) is 9.88 Å². The van der Waals surface area contributed by atoms with Crippen LogP contribution >= 0.6 is 22.9 Å². The third-order valence-electron chi connectivity index (χ3n) is 5.92. The molecule has 0 fully saturated rings. The molecule has 10 heteroatoms. The molecular formula is C26H20ClFN4O3S. The Labute approximate surface area is 214 Å². The standard InChI is InChI=1S/C26H20ClFN4O3S/c27-23-11-10-22(36-23)25(34)29-14-16-15-32(21-6-2-1-5-18(16)21)26(35)30-20-9-8-17(13-19(20)28)31-12-4-3-7-24(31)33/h1-13,16H,14-15H2,(H,29,34)(H,30,35)/t16-/m0/s1. The number of pyridine rings is 1. The number of benzene rings is 2. The molecule has 2 aromatic heterocycles. The van der Waals surface area contributed by atoms with Gasteiger partial charge in [-0.3, -0.25) is 19.1 Å². The lowest BCUT2D eigenvalue weighted by atomic mass is 10.0. The Hall–Kier alpha value is -3.95. The molecule has 3 heterocycles. The van der Waals surface area contributed by atoms with Crippen molar-refractivity contribution >= 4 is 46.3 Å². The number of anilines is 2. The predicted molar refractivity (Wildman–Crippen MR) is 139 cm³/mol. The van der Waals surface area contributed by atoms with Crippen LogP contribution in [0.15, 0.2) is 83.8 Å². The van der Waals surface area contributed by atoms with Crippen LogP contribution in [0.1, 0.15) is 21.2 Å². The molecule has 3 amide bonds. The van der Waals surface area contributed by atoms with E-state index in [0.717, 1.165) is 5.56 Å². The second-order valence-corrected chi connectivity index (χ2v) is 9.90. The molecule has 1 aliphatic rings. The summed E-state index contributed by atoms with van der Waals surface area (Å²) in [7, 11) is 0. The number of fused-ring (bicyclic) bond motifs is 1. The Morgan fingerprint density at radius 1 is 1.06 bits per heavy atom. The summed E-state index contributed by atoms with van der Waals surface area (Å²) in [6.07, 6.45) is 1.54. The van der Waals surface area contributed by atoms with Crippen molar-refractivity contribution in [2.45, 2.75) is 5.92 Å². The molecule has 2 aromatic carbocycles. The summed E-state index contributed by atoms with van der Waals surface area (Å²) in [6.45, 7) is 0.639. The fraction of sp³-hybridized carbons (Fsp3) is 0.115. The van der Waals surface area contributed by atoms with Crippen LogP contribution < -0.4 is 21.1 Å². The van der Waals surface area contributed by atoms with Gasteiger partial charge in [0.25, 0.3) is 11.5 Å². The molecule has 0 aliphatic carbocycles. The summed E-state index contributed by atoms with van der Waals surface area (Å²) in [5, 5.41) is 5.53. The van der Waals surface area contributed by atoms with E-state index in [2.05, 4.69) is 10.6 Å². The highest BCUT2D eigenvalue weighted by Gasteiger charge is 2.32. The van der Waals surface area contributed by atoms with E-state index in [-0.39, 0.29) is 23.1 Å². The zero-order chi connectivity index (χ0) is 25.2. The number of halogens is 2. The van der Waals surface area contributed by atoms with Gasteiger partial charge < -0.3 is 10.6 Å². The minimum atomic E-state index is -0.664. The van der Waals surface area contributed by atoms with Gasteiger partial charge in [-0.1, -0.05) is 35.9 Å². The van der Waals surface area contributed by atoms with E-state index in [0.29, 0.717) is 33.7 Å². The van der Waals surface area contributed by atoms with Crippen molar-refractivity contribution < 1.29 is 14.0 Å². The van der Waals surface area contributed by atoms with Crippen LogP contribution in [0, 0.1) is 5.82 Å². The van der Waals surface area contributed by atoms with Gasteiger partial charge in [0.2, 0.25) is 0 Å². The Bertz CT molecular complexity index is 1520. The maximum atomic E-state index is 14.9. The van der Waals surface area contributed by atoms with E-state index < -0.39 is 11.8 Å². The van der Waals surface area contributed by atoms with Gasteiger partial charge in [0, 0.05) is 43.0 Å². The minimum absolute atomic E-state index is 0.00321. The average molecular weight is 523 g/mol. The number of thiophene rings is 1. The molecule has 1 aliphatic heterocycles. The number of hydrogen-bond donors (Lipinski definition) is 2. The van der Waals surface area contributed by atoms with E-state index in [1.165, 1.54) is 39.0 Å². The highest BCUT2D eigenvalue weighted by Crippen LogP contribution is 2.36. The van der Waals surface area contributed by atoms with Crippen molar-refractivity contribution in [3.63, 3.8) is 0 Å². The fourth-order valence-electron chi connectivity index (χ4n) is 4.18. The molecule has 7 nitrogen and oxygen atoms in total. The number of nitrogens with zero attached hydrogens (tertiary/aromatic N) is 2. The van der Waals surface area contributed by atoms with E-state index in [1.807, 2.05) is 24.3 Å². The Morgan fingerprint density at radius 2 is 1.86 bits per heavy atom. The third-order valence-corrected chi connectivity index (χ3v) is 7.15. The molecular weight excluding hydrogens is 503 g/mol. The molecule has 1 atom stereocenters. The number of rotatable bonds is 5. The van der Waals surface area contributed by atoms with Gasteiger partial charge in [0.15, 0.2) is 0 Å². The van der Waals surface area contributed by atoms with E-state index in [9.17, 15) is 18.8 Å². The number of carbonyl (C=O) groups excluding carboxylic acids is 2. The first-order chi connectivity index (χ1) is 17.4. The molecule has 0 saturated carbocycles. The highest BCUT2D eigenvalue weighted by molar-refractivity contribution is 7.18. The van der Waals surface area contributed by atoms with Crippen LogP contribution in [0.3, 0.4) is 0 Å². The van der Waals surface area contributed by atoms with Gasteiger partial charge in [-0.15, -0.1) is 11.3 Å². The molecule has 2 N–H and O–H groups in total. The van der Waals surface area contributed by atoms with Gasteiger partial charge in [-0.2, -0.15) is 0 Å². The topological polar surface area (TPSA) is 83.4 Å². The summed E-state index contributed by atoms with van der Waals surface area (Å²) in [5.74, 6) is -1.03. The molecule has 0 bridgehead atoms. The maximum Gasteiger partial charge on any atom is 0.326 e. The normalized spacial score (nSPS) is 14.4. The van der Waals surface area contributed by atoms with Crippen molar-refractivity contribution in [3.8, 4) is 5.69 Å². The summed E-state index contributed by atoms with van der Waals surface area (Å²) in [4.78, 5) is 39.7. The van der Waals surface area contributed by atoms with Gasteiger partial charge in [-0.25, -0.2) is 9.18 Å².